The fourth-order valence-electron chi connectivity index (χ4n) is 2.31. The predicted molar refractivity (Wildman–Crippen MR) is 76.2 cm³/mol. The molecule has 1 aliphatic rings. The maximum Gasteiger partial charge on any atom is 0.0370 e. The van der Waals surface area contributed by atoms with Crippen LogP contribution in [-0.4, -0.2) is 24.1 Å². The van der Waals surface area contributed by atoms with Crippen LogP contribution in [0.4, 0.5) is 0 Å². The van der Waals surface area contributed by atoms with Crippen molar-refractivity contribution in [1.29, 1.82) is 0 Å². The molecule has 1 atom stereocenters. The average Bonchev–Trinajstić information content (AvgIpc) is 2.24. The topological polar surface area (TPSA) is 12.0 Å². The number of likely N-dealkylation sites (N-methyl/N-ethyl adjacent to an activating group) is 1. The lowest BCUT2D eigenvalue weighted by atomic mass is 9.95. The Morgan fingerprint density at radius 2 is 2.06 bits per heavy atom. The third-order valence-corrected chi connectivity index (χ3v) is 4.19. The van der Waals surface area contributed by atoms with Gasteiger partial charge in [-0.3, -0.25) is 0 Å². The van der Waals surface area contributed by atoms with Crippen molar-refractivity contribution in [3.8, 4) is 0 Å². The summed E-state index contributed by atoms with van der Waals surface area (Å²) in [6, 6.07) is 0.632. The zero-order chi connectivity index (χ0) is 11.6. The van der Waals surface area contributed by atoms with Crippen LogP contribution in [0.3, 0.4) is 0 Å². The summed E-state index contributed by atoms with van der Waals surface area (Å²) in [5, 5.41) is 3.65. The van der Waals surface area contributed by atoms with E-state index in [1.54, 1.807) is 5.57 Å². The van der Waals surface area contributed by atoms with Gasteiger partial charge in [-0.2, -0.15) is 11.8 Å². The van der Waals surface area contributed by atoms with Gasteiger partial charge in [-0.1, -0.05) is 38.3 Å². The van der Waals surface area contributed by atoms with Gasteiger partial charge < -0.3 is 5.32 Å². The van der Waals surface area contributed by atoms with Crippen LogP contribution >= 0.6 is 11.8 Å². The van der Waals surface area contributed by atoms with E-state index < -0.39 is 0 Å². The molecule has 1 nitrogen and oxygen atoms in total. The molecule has 16 heavy (non-hydrogen) atoms. The Labute approximate surface area is 105 Å². The maximum absolute atomic E-state index is 3.65. The molecule has 1 N–H and O–H groups in total. The molecule has 0 spiro atoms. The molecule has 1 rings (SSSR count). The fourth-order valence-corrected chi connectivity index (χ4v) is 3.12. The Balaban J connectivity index is 2.51. The molecule has 0 bridgehead atoms. The third kappa shape index (κ3) is 5.40. The van der Waals surface area contributed by atoms with Crippen molar-refractivity contribution in [3.05, 3.63) is 11.6 Å². The van der Waals surface area contributed by atoms with Crippen LogP contribution in [0, 0.1) is 0 Å². The van der Waals surface area contributed by atoms with Crippen molar-refractivity contribution in [2.45, 2.75) is 58.4 Å². The molecule has 0 aromatic rings. The number of hydrogen-bond acceptors (Lipinski definition) is 2. The summed E-state index contributed by atoms with van der Waals surface area (Å²) < 4.78 is 0. The molecular weight excluding hydrogens is 214 g/mol. The highest BCUT2D eigenvalue weighted by molar-refractivity contribution is 7.99. The molecule has 0 fully saturated rings. The minimum Gasteiger partial charge on any atom is -0.310 e. The number of allylic oxidation sites excluding steroid dienone is 1. The van der Waals surface area contributed by atoms with E-state index in [0.717, 1.165) is 6.54 Å². The van der Waals surface area contributed by atoms with Crippen LogP contribution in [0.5, 0.6) is 0 Å². The van der Waals surface area contributed by atoms with Gasteiger partial charge in [0.05, 0.1) is 0 Å². The summed E-state index contributed by atoms with van der Waals surface area (Å²) in [7, 11) is 0. The minimum atomic E-state index is 0.632. The molecule has 1 aliphatic carbocycles. The number of rotatable bonds is 6. The fraction of sp³-hybridized carbons (Fsp3) is 0.857. The maximum atomic E-state index is 3.65. The van der Waals surface area contributed by atoms with E-state index in [2.05, 4.69) is 37.0 Å². The quantitative estimate of drug-likeness (QED) is 0.706. The smallest absolute Gasteiger partial charge is 0.0370 e. The Hall–Kier alpha value is 0.0500. The van der Waals surface area contributed by atoms with Crippen LogP contribution in [0.1, 0.15) is 52.4 Å². The highest BCUT2D eigenvalue weighted by Crippen LogP contribution is 2.21. The van der Waals surface area contributed by atoms with Gasteiger partial charge in [0.1, 0.15) is 0 Å². The Morgan fingerprint density at radius 3 is 2.81 bits per heavy atom. The van der Waals surface area contributed by atoms with Gasteiger partial charge in [0, 0.05) is 11.8 Å². The minimum absolute atomic E-state index is 0.632. The second-order valence-electron chi connectivity index (χ2n) is 4.50. The van der Waals surface area contributed by atoms with Gasteiger partial charge in [-0.15, -0.1) is 0 Å². The lowest BCUT2D eigenvalue weighted by Gasteiger charge is -2.22. The molecular formula is C14H27NS. The Morgan fingerprint density at radius 1 is 1.25 bits per heavy atom. The van der Waals surface area contributed by atoms with Crippen molar-refractivity contribution in [3.63, 3.8) is 0 Å². The lowest BCUT2D eigenvalue weighted by Crippen LogP contribution is -2.33. The third-order valence-electron chi connectivity index (χ3n) is 3.21. The molecule has 0 aromatic heterocycles. The summed E-state index contributed by atoms with van der Waals surface area (Å²) >= 11 is 2.06. The first-order valence-corrected chi connectivity index (χ1v) is 8.04. The highest BCUT2D eigenvalue weighted by Gasteiger charge is 2.13. The molecule has 94 valence electrons. The summed E-state index contributed by atoms with van der Waals surface area (Å²) in [5.41, 5.74) is 1.68. The van der Waals surface area contributed by atoms with Gasteiger partial charge in [-0.05, 0) is 38.0 Å². The molecule has 0 aromatic carbocycles. The van der Waals surface area contributed by atoms with Crippen LogP contribution in [-0.2, 0) is 0 Å². The van der Waals surface area contributed by atoms with Crippen molar-refractivity contribution in [2.75, 3.05) is 18.1 Å². The van der Waals surface area contributed by atoms with Crippen molar-refractivity contribution >= 4 is 11.8 Å². The summed E-state index contributed by atoms with van der Waals surface area (Å²) in [6.45, 7) is 5.56. The molecule has 0 amide bonds. The molecule has 1 unspecified atom stereocenters. The number of nitrogens with one attached hydrogen (secondary N) is 1. The highest BCUT2D eigenvalue weighted by atomic mass is 32.2. The second-order valence-corrected chi connectivity index (χ2v) is 5.82. The van der Waals surface area contributed by atoms with Crippen LogP contribution < -0.4 is 5.32 Å². The van der Waals surface area contributed by atoms with E-state index in [4.69, 9.17) is 0 Å². The van der Waals surface area contributed by atoms with Crippen molar-refractivity contribution in [2.24, 2.45) is 0 Å². The normalized spacial score (nSPS) is 19.8. The number of thioether (sulfide) groups is 1. The van der Waals surface area contributed by atoms with E-state index in [0.29, 0.717) is 6.04 Å². The van der Waals surface area contributed by atoms with Gasteiger partial charge in [0.25, 0.3) is 0 Å². The zero-order valence-corrected chi connectivity index (χ0v) is 11.7. The van der Waals surface area contributed by atoms with E-state index in [1.807, 2.05) is 0 Å². The van der Waals surface area contributed by atoms with Crippen LogP contribution in [0.2, 0.25) is 0 Å². The first-order valence-electron chi connectivity index (χ1n) is 6.88. The average molecular weight is 241 g/mol. The summed E-state index contributed by atoms with van der Waals surface area (Å²) in [6.07, 6.45) is 10.8. The van der Waals surface area contributed by atoms with Crippen LogP contribution in [0.25, 0.3) is 0 Å². The SMILES string of the molecule is CCNC(CSCC)C1=CCCCCCC1. The Kier molecular flexibility index (Phi) is 8.04. The number of hydrogen-bond donors (Lipinski definition) is 1. The van der Waals surface area contributed by atoms with E-state index in [1.165, 1.54) is 50.0 Å². The lowest BCUT2D eigenvalue weighted by molar-refractivity contribution is 0.566. The van der Waals surface area contributed by atoms with E-state index >= 15 is 0 Å². The predicted octanol–water partition coefficient (Wildman–Crippen LogP) is 4.00. The molecule has 0 aliphatic heterocycles. The van der Waals surface area contributed by atoms with Crippen molar-refractivity contribution in [1.82, 2.24) is 5.32 Å². The standard InChI is InChI=1S/C14H27NS/c1-3-15-14(12-16-4-2)13-10-8-6-5-7-9-11-13/h10,14-15H,3-9,11-12H2,1-2H3. The van der Waals surface area contributed by atoms with Gasteiger partial charge in [-0.25, -0.2) is 0 Å². The molecule has 2 heteroatoms. The first kappa shape index (κ1) is 14.1. The Bertz CT molecular complexity index is 201. The zero-order valence-electron chi connectivity index (χ0n) is 10.9. The molecule has 0 saturated heterocycles. The molecule has 0 heterocycles. The van der Waals surface area contributed by atoms with Crippen molar-refractivity contribution < 1.29 is 0 Å². The summed E-state index contributed by atoms with van der Waals surface area (Å²) in [5.74, 6) is 2.48. The van der Waals surface area contributed by atoms with Gasteiger partial charge in [0.15, 0.2) is 0 Å². The summed E-state index contributed by atoms with van der Waals surface area (Å²) in [4.78, 5) is 0. The first-order chi connectivity index (χ1) is 7.88. The van der Waals surface area contributed by atoms with E-state index in [9.17, 15) is 0 Å². The molecule has 0 radical (unpaired) electrons. The second kappa shape index (κ2) is 9.12. The largest absolute Gasteiger partial charge is 0.310 e. The van der Waals surface area contributed by atoms with Gasteiger partial charge in [0.2, 0.25) is 0 Å². The van der Waals surface area contributed by atoms with Crippen LogP contribution in [0.15, 0.2) is 11.6 Å². The monoisotopic (exact) mass is 241 g/mol. The molecule has 0 saturated carbocycles. The van der Waals surface area contributed by atoms with Gasteiger partial charge >= 0.3 is 0 Å². The van der Waals surface area contributed by atoms with E-state index in [-0.39, 0.29) is 0 Å².